The van der Waals surface area contributed by atoms with E-state index in [1.165, 1.54) is 0 Å². The van der Waals surface area contributed by atoms with Crippen LogP contribution in [0.25, 0.3) is 0 Å². The second-order valence-electron chi connectivity index (χ2n) is 5.22. The molecule has 1 unspecified atom stereocenters. The van der Waals surface area contributed by atoms with Gasteiger partial charge >= 0.3 is 0 Å². The summed E-state index contributed by atoms with van der Waals surface area (Å²) in [4.78, 5) is 2.21. The molecule has 2 heteroatoms. The van der Waals surface area contributed by atoms with E-state index in [-0.39, 0.29) is 0 Å². The maximum absolute atomic E-state index is 9.18. The molecule has 1 atom stereocenters. The zero-order valence-electron chi connectivity index (χ0n) is 11.5. The first kappa shape index (κ1) is 13.6. The van der Waals surface area contributed by atoms with Crippen molar-refractivity contribution in [3.05, 3.63) is 29.3 Å². The van der Waals surface area contributed by atoms with Crippen molar-refractivity contribution < 1.29 is 0 Å². The molecule has 0 fully saturated rings. The van der Waals surface area contributed by atoms with Crippen LogP contribution in [0.5, 0.6) is 0 Å². The van der Waals surface area contributed by atoms with Crippen molar-refractivity contribution in [2.75, 3.05) is 11.9 Å². The molecule has 0 aliphatic rings. The van der Waals surface area contributed by atoms with Crippen LogP contribution in [-0.4, -0.2) is 13.1 Å². The standard InChI is InChI=1S/C15H22N2/c1-11(2)8-13(4)17(5)15-7-6-12(3)9-14(15)10-16/h6-7,9,11,13H,8H2,1-5H3. The number of hydrogen-bond donors (Lipinski definition) is 0. The third-order valence-electron chi connectivity index (χ3n) is 3.13. The smallest absolute Gasteiger partial charge is 0.101 e. The fourth-order valence-electron chi connectivity index (χ4n) is 2.12. The average molecular weight is 230 g/mol. The van der Waals surface area contributed by atoms with Crippen LogP contribution in [0.3, 0.4) is 0 Å². The molecule has 0 aliphatic heterocycles. The summed E-state index contributed by atoms with van der Waals surface area (Å²) in [5.41, 5.74) is 2.93. The summed E-state index contributed by atoms with van der Waals surface area (Å²) >= 11 is 0. The quantitative estimate of drug-likeness (QED) is 0.788. The van der Waals surface area contributed by atoms with Crippen LogP contribution in [0.2, 0.25) is 0 Å². The van der Waals surface area contributed by atoms with Gasteiger partial charge in [-0.1, -0.05) is 19.9 Å². The highest BCUT2D eigenvalue weighted by Crippen LogP contribution is 2.24. The van der Waals surface area contributed by atoms with Crippen molar-refractivity contribution in [3.8, 4) is 6.07 Å². The Labute approximate surface area is 105 Å². The van der Waals surface area contributed by atoms with Crippen molar-refractivity contribution in [2.24, 2.45) is 5.92 Å². The minimum atomic E-state index is 0.449. The Morgan fingerprint density at radius 1 is 1.29 bits per heavy atom. The van der Waals surface area contributed by atoms with E-state index in [0.717, 1.165) is 23.2 Å². The van der Waals surface area contributed by atoms with Crippen LogP contribution < -0.4 is 4.90 Å². The fraction of sp³-hybridized carbons (Fsp3) is 0.533. The fourth-order valence-corrected chi connectivity index (χ4v) is 2.12. The Bertz CT molecular complexity index is 415. The molecule has 1 rings (SSSR count). The monoisotopic (exact) mass is 230 g/mol. The highest BCUT2D eigenvalue weighted by atomic mass is 15.1. The summed E-state index contributed by atoms with van der Waals surface area (Å²) in [5, 5.41) is 9.18. The van der Waals surface area contributed by atoms with Crippen LogP contribution >= 0.6 is 0 Å². The van der Waals surface area contributed by atoms with Crippen molar-refractivity contribution in [3.63, 3.8) is 0 Å². The molecular weight excluding hydrogens is 208 g/mol. The number of hydrogen-bond acceptors (Lipinski definition) is 2. The van der Waals surface area contributed by atoms with Gasteiger partial charge in [0.25, 0.3) is 0 Å². The third-order valence-corrected chi connectivity index (χ3v) is 3.13. The summed E-state index contributed by atoms with van der Waals surface area (Å²) in [6.45, 7) is 8.68. The molecule has 92 valence electrons. The first-order chi connectivity index (χ1) is 7.95. The van der Waals surface area contributed by atoms with Crippen LogP contribution in [0.1, 0.15) is 38.3 Å². The van der Waals surface area contributed by atoms with Crippen LogP contribution in [0.15, 0.2) is 18.2 Å². The van der Waals surface area contributed by atoms with Gasteiger partial charge in [0.2, 0.25) is 0 Å². The van der Waals surface area contributed by atoms with Gasteiger partial charge in [-0.25, -0.2) is 0 Å². The highest BCUT2D eigenvalue weighted by Gasteiger charge is 2.14. The molecule has 1 aromatic carbocycles. The van der Waals surface area contributed by atoms with Gasteiger partial charge in [0.05, 0.1) is 11.3 Å². The SMILES string of the molecule is Cc1ccc(N(C)C(C)CC(C)C)c(C#N)c1. The molecule has 0 heterocycles. The number of benzene rings is 1. The number of anilines is 1. The van der Waals surface area contributed by atoms with Crippen molar-refractivity contribution in [2.45, 2.75) is 40.2 Å². The molecule has 17 heavy (non-hydrogen) atoms. The third kappa shape index (κ3) is 3.49. The second kappa shape index (κ2) is 5.72. The maximum atomic E-state index is 9.18. The molecule has 2 nitrogen and oxygen atoms in total. The van der Waals surface area contributed by atoms with Gasteiger partial charge in [0.1, 0.15) is 6.07 Å². The Morgan fingerprint density at radius 3 is 2.47 bits per heavy atom. The zero-order chi connectivity index (χ0) is 13.0. The van der Waals surface area contributed by atoms with Crippen molar-refractivity contribution >= 4 is 5.69 Å². The summed E-state index contributed by atoms with van der Waals surface area (Å²) in [6.07, 6.45) is 1.13. The molecule has 0 aliphatic carbocycles. The van der Waals surface area contributed by atoms with Gasteiger partial charge in [0, 0.05) is 13.1 Å². The average Bonchev–Trinajstić information content (AvgIpc) is 2.27. The van der Waals surface area contributed by atoms with E-state index in [1.54, 1.807) is 0 Å². The number of rotatable bonds is 4. The first-order valence-corrected chi connectivity index (χ1v) is 6.19. The lowest BCUT2D eigenvalue weighted by Gasteiger charge is -2.29. The van der Waals surface area contributed by atoms with Crippen molar-refractivity contribution in [1.29, 1.82) is 5.26 Å². The van der Waals surface area contributed by atoms with E-state index < -0.39 is 0 Å². The number of nitrogens with zero attached hydrogens (tertiary/aromatic N) is 2. The minimum Gasteiger partial charge on any atom is -0.371 e. The molecule has 0 spiro atoms. The maximum Gasteiger partial charge on any atom is 0.101 e. The minimum absolute atomic E-state index is 0.449. The molecular formula is C15H22N2. The molecule has 0 aromatic heterocycles. The highest BCUT2D eigenvalue weighted by molar-refractivity contribution is 5.60. The first-order valence-electron chi connectivity index (χ1n) is 6.19. The lowest BCUT2D eigenvalue weighted by Crippen LogP contribution is -2.30. The van der Waals surface area contributed by atoms with E-state index in [2.05, 4.69) is 44.9 Å². The Balaban J connectivity index is 2.96. The lowest BCUT2D eigenvalue weighted by atomic mass is 10.0. The van der Waals surface area contributed by atoms with E-state index in [9.17, 15) is 5.26 Å². The van der Waals surface area contributed by atoms with Gasteiger partial charge in [0.15, 0.2) is 0 Å². The largest absolute Gasteiger partial charge is 0.371 e. The molecule has 0 saturated carbocycles. The topological polar surface area (TPSA) is 27.0 Å². The van der Waals surface area contributed by atoms with Crippen LogP contribution in [0.4, 0.5) is 5.69 Å². The normalized spacial score (nSPS) is 12.3. The molecule has 1 aromatic rings. The molecule has 0 N–H and O–H groups in total. The zero-order valence-corrected chi connectivity index (χ0v) is 11.5. The number of aryl methyl sites for hydroxylation is 1. The van der Waals surface area contributed by atoms with E-state index in [0.29, 0.717) is 12.0 Å². The van der Waals surface area contributed by atoms with E-state index >= 15 is 0 Å². The van der Waals surface area contributed by atoms with Crippen molar-refractivity contribution in [1.82, 2.24) is 0 Å². The molecule has 0 bridgehead atoms. The number of nitriles is 1. The molecule has 0 radical (unpaired) electrons. The molecule has 0 amide bonds. The lowest BCUT2D eigenvalue weighted by molar-refractivity contribution is 0.504. The summed E-state index contributed by atoms with van der Waals surface area (Å²) in [7, 11) is 2.07. The van der Waals surface area contributed by atoms with Crippen LogP contribution in [0, 0.1) is 24.2 Å². The summed E-state index contributed by atoms with van der Waals surface area (Å²) in [6, 6.07) is 8.80. The predicted octanol–water partition coefficient (Wildman–Crippen LogP) is 3.74. The summed E-state index contributed by atoms with van der Waals surface area (Å²) in [5.74, 6) is 0.670. The van der Waals surface area contributed by atoms with E-state index in [4.69, 9.17) is 0 Å². The Morgan fingerprint density at radius 2 is 1.94 bits per heavy atom. The van der Waals surface area contributed by atoms with Gasteiger partial charge in [-0.3, -0.25) is 0 Å². The predicted molar refractivity (Wildman–Crippen MR) is 73.2 cm³/mol. The van der Waals surface area contributed by atoms with Gasteiger partial charge in [-0.2, -0.15) is 5.26 Å². The van der Waals surface area contributed by atoms with Gasteiger partial charge < -0.3 is 4.90 Å². The van der Waals surface area contributed by atoms with Gasteiger partial charge in [-0.15, -0.1) is 0 Å². The Kier molecular flexibility index (Phi) is 4.57. The Hall–Kier alpha value is -1.49. The van der Waals surface area contributed by atoms with Crippen LogP contribution in [-0.2, 0) is 0 Å². The second-order valence-corrected chi connectivity index (χ2v) is 5.22. The summed E-state index contributed by atoms with van der Waals surface area (Å²) < 4.78 is 0. The van der Waals surface area contributed by atoms with Gasteiger partial charge in [-0.05, 0) is 43.9 Å². The van der Waals surface area contributed by atoms with E-state index in [1.807, 2.05) is 19.1 Å². The molecule has 0 saturated heterocycles.